The van der Waals surface area contributed by atoms with E-state index in [1.165, 1.54) is 12.3 Å². The molecule has 2 heterocycles. The number of nitrogens with zero attached hydrogens (tertiary/aromatic N) is 2. The second-order valence-electron chi connectivity index (χ2n) is 6.04. The first kappa shape index (κ1) is 17.7. The predicted molar refractivity (Wildman–Crippen MR) is 94.2 cm³/mol. The summed E-state index contributed by atoms with van der Waals surface area (Å²) in [5, 5.41) is 0.605. The van der Waals surface area contributed by atoms with Crippen molar-refractivity contribution in [2.24, 2.45) is 4.99 Å². The van der Waals surface area contributed by atoms with Crippen LogP contribution in [0.4, 0.5) is 14.5 Å². The van der Waals surface area contributed by atoms with Gasteiger partial charge in [0.15, 0.2) is 6.61 Å². The molecule has 1 atom stereocenters. The zero-order valence-corrected chi connectivity index (χ0v) is 14.8. The Morgan fingerprint density at radius 3 is 2.76 bits per heavy atom. The maximum Gasteiger partial charge on any atom is 0.278 e. The molecule has 0 saturated heterocycles. The van der Waals surface area contributed by atoms with E-state index in [0.717, 1.165) is 18.2 Å². The van der Waals surface area contributed by atoms with Gasteiger partial charge in [0, 0.05) is 25.1 Å². The Kier molecular flexibility index (Phi) is 4.94. The third-order valence-electron chi connectivity index (χ3n) is 3.85. The Morgan fingerprint density at radius 1 is 1.28 bits per heavy atom. The largest absolute Gasteiger partial charge is 0.487 e. The highest BCUT2D eigenvalue weighted by Crippen LogP contribution is 2.28. The van der Waals surface area contributed by atoms with Crippen LogP contribution < -0.4 is 4.74 Å². The number of fused-ring (bicyclic) bond motifs is 1. The third-order valence-corrected chi connectivity index (χ3v) is 5.15. The number of aliphatic imine (C=N–C) groups is 1. The summed E-state index contributed by atoms with van der Waals surface area (Å²) in [5.74, 6) is -2.40. The van der Waals surface area contributed by atoms with Gasteiger partial charge in [0.05, 0.1) is 27.9 Å². The van der Waals surface area contributed by atoms with E-state index in [4.69, 9.17) is 4.74 Å². The highest BCUT2D eigenvalue weighted by atomic mass is 32.2. The number of para-hydroxylation sites is 1. The van der Waals surface area contributed by atoms with E-state index in [0.29, 0.717) is 28.5 Å². The van der Waals surface area contributed by atoms with E-state index >= 15 is 0 Å². The summed E-state index contributed by atoms with van der Waals surface area (Å²) in [5.41, 5.74) is 3.08. The van der Waals surface area contributed by atoms with E-state index in [-0.39, 0.29) is 5.75 Å². The zero-order chi connectivity index (χ0) is 18.0. The SMILES string of the molecule is Cc1c(OCC(C)(F)F)ccnc1CS(=O)C1=Nc2ccccc2C1. The van der Waals surface area contributed by atoms with Crippen molar-refractivity contribution in [1.29, 1.82) is 0 Å². The first-order valence-corrected chi connectivity index (χ1v) is 9.14. The molecule has 4 nitrogen and oxygen atoms in total. The highest BCUT2D eigenvalue weighted by molar-refractivity contribution is 8.00. The number of rotatable bonds is 5. The average molecular weight is 364 g/mol. The number of halogens is 2. The number of ether oxygens (including phenoxy) is 1. The fraction of sp³-hybridized carbons (Fsp3) is 0.333. The minimum Gasteiger partial charge on any atom is -0.487 e. The average Bonchev–Trinajstić information content (AvgIpc) is 2.99. The summed E-state index contributed by atoms with van der Waals surface area (Å²) in [7, 11) is -1.33. The fourth-order valence-corrected chi connectivity index (χ4v) is 3.73. The van der Waals surface area contributed by atoms with Gasteiger partial charge in [-0.15, -0.1) is 0 Å². The van der Waals surface area contributed by atoms with E-state index in [1.54, 1.807) is 6.92 Å². The summed E-state index contributed by atoms with van der Waals surface area (Å²) >= 11 is 0. The molecule has 1 aromatic heterocycles. The Balaban J connectivity index is 1.72. The number of hydrogen-bond acceptors (Lipinski definition) is 4. The van der Waals surface area contributed by atoms with Crippen LogP contribution in [0.5, 0.6) is 5.75 Å². The van der Waals surface area contributed by atoms with Gasteiger partial charge in [-0.1, -0.05) is 18.2 Å². The van der Waals surface area contributed by atoms with Gasteiger partial charge in [-0.3, -0.25) is 9.19 Å². The minimum atomic E-state index is -2.91. The first-order valence-electron chi connectivity index (χ1n) is 7.82. The van der Waals surface area contributed by atoms with Crippen molar-refractivity contribution in [3.63, 3.8) is 0 Å². The molecular weight excluding hydrogens is 346 g/mol. The van der Waals surface area contributed by atoms with Gasteiger partial charge in [0.25, 0.3) is 5.92 Å². The number of aromatic nitrogens is 1. The Bertz CT molecular complexity index is 847. The molecule has 25 heavy (non-hydrogen) atoms. The molecule has 132 valence electrons. The van der Waals surface area contributed by atoms with Gasteiger partial charge >= 0.3 is 0 Å². The van der Waals surface area contributed by atoms with Crippen LogP contribution in [0.1, 0.15) is 23.7 Å². The minimum absolute atomic E-state index is 0.179. The lowest BCUT2D eigenvalue weighted by Crippen LogP contribution is -2.21. The van der Waals surface area contributed by atoms with Crippen LogP contribution in [0, 0.1) is 6.92 Å². The van der Waals surface area contributed by atoms with Gasteiger partial charge < -0.3 is 4.74 Å². The number of pyridine rings is 1. The predicted octanol–water partition coefficient (Wildman–Crippen LogP) is 3.96. The lowest BCUT2D eigenvalue weighted by molar-refractivity contribution is -0.0231. The van der Waals surface area contributed by atoms with E-state index in [1.807, 2.05) is 24.3 Å². The number of alkyl halides is 2. The maximum atomic E-state index is 13.0. The molecule has 1 aliphatic heterocycles. The van der Waals surface area contributed by atoms with Crippen molar-refractivity contribution in [2.45, 2.75) is 31.9 Å². The lowest BCUT2D eigenvalue weighted by atomic mass is 10.2. The van der Waals surface area contributed by atoms with Gasteiger partial charge in [0.2, 0.25) is 0 Å². The van der Waals surface area contributed by atoms with Crippen LogP contribution in [-0.2, 0) is 23.0 Å². The van der Waals surface area contributed by atoms with Crippen molar-refractivity contribution >= 4 is 21.5 Å². The van der Waals surface area contributed by atoms with E-state index in [9.17, 15) is 13.0 Å². The van der Waals surface area contributed by atoms with Crippen molar-refractivity contribution in [3.8, 4) is 5.75 Å². The summed E-state index contributed by atoms with van der Waals surface area (Å²) in [6.45, 7) is 1.83. The Labute approximate surface area is 147 Å². The molecule has 0 amide bonds. The van der Waals surface area contributed by atoms with E-state index < -0.39 is 23.3 Å². The molecular formula is C18H18F2N2O2S. The maximum absolute atomic E-state index is 13.0. The molecule has 0 saturated carbocycles. The molecule has 0 radical (unpaired) electrons. The molecule has 7 heteroatoms. The summed E-state index contributed by atoms with van der Waals surface area (Å²) in [4.78, 5) is 8.66. The van der Waals surface area contributed by atoms with Gasteiger partial charge in [-0.25, -0.2) is 13.8 Å². The van der Waals surface area contributed by atoms with Gasteiger partial charge in [-0.2, -0.15) is 0 Å². The molecule has 1 aromatic carbocycles. The van der Waals surface area contributed by atoms with Crippen molar-refractivity contribution in [1.82, 2.24) is 4.98 Å². The fourth-order valence-electron chi connectivity index (χ4n) is 2.51. The monoisotopic (exact) mass is 364 g/mol. The van der Waals surface area contributed by atoms with Crippen molar-refractivity contribution < 1.29 is 17.7 Å². The molecule has 3 rings (SSSR count). The van der Waals surface area contributed by atoms with Crippen molar-refractivity contribution in [3.05, 3.63) is 53.3 Å². The van der Waals surface area contributed by atoms with E-state index in [2.05, 4.69) is 9.98 Å². The summed E-state index contributed by atoms with van der Waals surface area (Å²) in [6.07, 6.45) is 2.04. The first-order chi connectivity index (χ1) is 11.8. The molecule has 0 bridgehead atoms. The van der Waals surface area contributed by atoms with Crippen LogP contribution in [-0.4, -0.2) is 26.8 Å². The van der Waals surface area contributed by atoms with Crippen LogP contribution in [0.25, 0.3) is 0 Å². The Morgan fingerprint density at radius 2 is 2.04 bits per heavy atom. The molecule has 0 spiro atoms. The summed E-state index contributed by atoms with van der Waals surface area (Å²) < 4.78 is 43.8. The molecule has 0 fully saturated rings. The van der Waals surface area contributed by atoms with Gasteiger partial charge in [-0.05, 0) is 24.6 Å². The number of benzene rings is 1. The van der Waals surface area contributed by atoms with Gasteiger partial charge in [0.1, 0.15) is 10.8 Å². The van der Waals surface area contributed by atoms with Crippen LogP contribution >= 0.6 is 0 Å². The number of hydrogen-bond donors (Lipinski definition) is 0. The third kappa shape index (κ3) is 4.28. The molecule has 2 aromatic rings. The molecule has 0 N–H and O–H groups in total. The standard InChI is InChI=1S/C18H18F2N2O2S/c1-12-15(21-8-7-16(12)24-11-18(2,19)20)10-25(23)17-9-13-5-3-4-6-14(13)22-17/h3-8H,9-11H2,1-2H3. The zero-order valence-electron chi connectivity index (χ0n) is 14.0. The quantitative estimate of drug-likeness (QED) is 0.807. The smallest absolute Gasteiger partial charge is 0.278 e. The normalized spacial score (nSPS) is 14.8. The topological polar surface area (TPSA) is 51.5 Å². The van der Waals surface area contributed by atoms with Crippen molar-refractivity contribution in [2.75, 3.05) is 6.61 Å². The molecule has 1 aliphatic rings. The lowest BCUT2D eigenvalue weighted by Gasteiger charge is -2.15. The van der Waals surface area contributed by atoms with Crippen LogP contribution in [0.2, 0.25) is 0 Å². The second kappa shape index (κ2) is 7.00. The Hall–Kier alpha value is -2.15. The highest BCUT2D eigenvalue weighted by Gasteiger charge is 2.24. The van der Waals surface area contributed by atoms with Crippen LogP contribution in [0.3, 0.4) is 0 Å². The molecule has 0 aliphatic carbocycles. The summed E-state index contributed by atoms with van der Waals surface area (Å²) in [6, 6.07) is 9.21. The molecule has 1 unspecified atom stereocenters. The van der Waals surface area contributed by atoms with Crippen LogP contribution in [0.15, 0.2) is 41.5 Å². The second-order valence-corrected chi connectivity index (χ2v) is 7.49.